The SMILES string of the molecule is CNC(Cc1ccc(C)cc1)c1cc2cc(F)ccc2o1. The summed E-state index contributed by atoms with van der Waals surface area (Å²) in [6, 6.07) is 15.0. The van der Waals surface area contributed by atoms with E-state index in [-0.39, 0.29) is 11.9 Å². The van der Waals surface area contributed by atoms with Crippen molar-refractivity contribution >= 4 is 11.0 Å². The molecular weight excluding hydrogens is 265 g/mol. The summed E-state index contributed by atoms with van der Waals surface area (Å²) in [6.07, 6.45) is 0.832. The van der Waals surface area contributed by atoms with E-state index >= 15 is 0 Å². The van der Waals surface area contributed by atoms with Crippen molar-refractivity contribution in [3.05, 3.63) is 71.2 Å². The Balaban J connectivity index is 1.88. The van der Waals surface area contributed by atoms with E-state index in [1.165, 1.54) is 23.3 Å². The van der Waals surface area contributed by atoms with Crippen molar-refractivity contribution < 1.29 is 8.81 Å². The number of fused-ring (bicyclic) bond motifs is 1. The van der Waals surface area contributed by atoms with Gasteiger partial charge in [-0.3, -0.25) is 0 Å². The second-order valence-electron chi connectivity index (χ2n) is 5.36. The monoisotopic (exact) mass is 283 g/mol. The molecular formula is C18H18FNO. The highest BCUT2D eigenvalue weighted by Crippen LogP contribution is 2.26. The van der Waals surface area contributed by atoms with Crippen molar-refractivity contribution in [2.45, 2.75) is 19.4 Å². The van der Waals surface area contributed by atoms with Gasteiger partial charge in [-0.15, -0.1) is 0 Å². The first-order valence-electron chi connectivity index (χ1n) is 7.07. The molecule has 1 heterocycles. The number of furan rings is 1. The van der Waals surface area contributed by atoms with Gasteiger partial charge < -0.3 is 9.73 Å². The lowest BCUT2D eigenvalue weighted by Gasteiger charge is -2.13. The Bertz CT molecular complexity index is 746. The molecule has 0 aliphatic rings. The van der Waals surface area contributed by atoms with Crippen LogP contribution in [0.5, 0.6) is 0 Å². The van der Waals surface area contributed by atoms with Crippen molar-refractivity contribution in [3.63, 3.8) is 0 Å². The van der Waals surface area contributed by atoms with Crippen LogP contribution in [-0.4, -0.2) is 7.05 Å². The van der Waals surface area contributed by atoms with E-state index in [9.17, 15) is 4.39 Å². The highest BCUT2D eigenvalue weighted by atomic mass is 19.1. The fourth-order valence-corrected chi connectivity index (χ4v) is 2.51. The van der Waals surface area contributed by atoms with E-state index in [1.807, 2.05) is 13.1 Å². The van der Waals surface area contributed by atoms with Crippen LogP contribution in [0.3, 0.4) is 0 Å². The summed E-state index contributed by atoms with van der Waals surface area (Å²) in [7, 11) is 1.91. The molecule has 0 aliphatic heterocycles. The van der Waals surface area contributed by atoms with Crippen LogP contribution in [0.4, 0.5) is 4.39 Å². The van der Waals surface area contributed by atoms with Crippen LogP contribution in [0.2, 0.25) is 0 Å². The van der Waals surface area contributed by atoms with E-state index in [0.717, 1.165) is 23.2 Å². The lowest BCUT2D eigenvalue weighted by molar-refractivity contribution is 0.451. The van der Waals surface area contributed by atoms with E-state index in [2.05, 4.69) is 36.5 Å². The van der Waals surface area contributed by atoms with Gasteiger partial charge in [0.25, 0.3) is 0 Å². The molecule has 1 unspecified atom stereocenters. The molecule has 1 aromatic heterocycles. The Morgan fingerprint density at radius 1 is 1.10 bits per heavy atom. The van der Waals surface area contributed by atoms with Crippen molar-refractivity contribution in [3.8, 4) is 0 Å². The molecule has 0 amide bonds. The van der Waals surface area contributed by atoms with Gasteiger partial charge in [0.1, 0.15) is 17.2 Å². The van der Waals surface area contributed by atoms with Gasteiger partial charge in [0.05, 0.1) is 6.04 Å². The molecule has 3 aromatic rings. The summed E-state index contributed by atoms with van der Waals surface area (Å²) < 4.78 is 19.1. The van der Waals surface area contributed by atoms with Crippen LogP contribution in [0.25, 0.3) is 11.0 Å². The number of aryl methyl sites for hydroxylation is 1. The van der Waals surface area contributed by atoms with Gasteiger partial charge in [0.15, 0.2) is 0 Å². The number of benzene rings is 2. The standard InChI is InChI=1S/C18H18FNO/c1-12-3-5-13(6-4-12)9-16(20-2)18-11-14-10-15(19)7-8-17(14)21-18/h3-8,10-11,16,20H,9H2,1-2H3. The van der Waals surface area contributed by atoms with Crippen LogP contribution in [0.15, 0.2) is 52.9 Å². The Morgan fingerprint density at radius 3 is 2.57 bits per heavy atom. The smallest absolute Gasteiger partial charge is 0.134 e. The number of likely N-dealkylation sites (N-methyl/N-ethyl adjacent to an activating group) is 1. The lowest BCUT2D eigenvalue weighted by atomic mass is 10.0. The molecule has 108 valence electrons. The summed E-state index contributed by atoms with van der Waals surface area (Å²) in [4.78, 5) is 0. The highest BCUT2D eigenvalue weighted by molar-refractivity contribution is 5.78. The maximum atomic E-state index is 13.3. The number of hydrogen-bond acceptors (Lipinski definition) is 2. The second kappa shape index (κ2) is 5.70. The van der Waals surface area contributed by atoms with Gasteiger partial charge in [-0.2, -0.15) is 0 Å². The van der Waals surface area contributed by atoms with Crippen molar-refractivity contribution in [1.29, 1.82) is 0 Å². The molecule has 0 aliphatic carbocycles. The first kappa shape index (κ1) is 13.8. The summed E-state index contributed by atoms with van der Waals surface area (Å²) in [6.45, 7) is 2.08. The quantitative estimate of drug-likeness (QED) is 0.768. The van der Waals surface area contributed by atoms with Gasteiger partial charge in [-0.25, -0.2) is 4.39 Å². The van der Waals surface area contributed by atoms with Crippen LogP contribution in [0.1, 0.15) is 22.9 Å². The lowest BCUT2D eigenvalue weighted by Crippen LogP contribution is -2.18. The van der Waals surface area contributed by atoms with Gasteiger partial charge in [-0.05, 0) is 50.2 Å². The summed E-state index contributed by atoms with van der Waals surface area (Å²) in [5, 5.41) is 4.07. The minimum atomic E-state index is -0.241. The first-order chi connectivity index (χ1) is 10.2. The zero-order chi connectivity index (χ0) is 14.8. The van der Waals surface area contributed by atoms with E-state index in [1.54, 1.807) is 6.07 Å². The van der Waals surface area contributed by atoms with Crippen molar-refractivity contribution in [2.75, 3.05) is 7.05 Å². The second-order valence-corrected chi connectivity index (χ2v) is 5.36. The molecule has 0 fully saturated rings. The maximum absolute atomic E-state index is 13.3. The minimum Gasteiger partial charge on any atom is -0.459 e. The van der Waals surface area contributed by atoms with Gasteiger partial charge >= 0.3 is 0 Å². The summed E-state index contributed by atoms with van der Waals surface area (Å²) in [5.41, 5.74) is 3.21. The first-order valence-corrected chi connectivity index (χ1v) is 7.07. The third-order valence-electron chi connectivity index (χ3n) is 3.75. The zero-order valence-corrected chi connectivity index (χ0v) is 12.2. The predicted molar refractivity (Wildman–Crippen MR) is 82.9 cm³/mol. The third-order valence-corrected chi connectivity index (χ3v) is 3.75. The molecule has 0 spiro atoms. The molecule has 2 aromatic carbocycles. The summed E-state index contributed by atoms with van der Waals surface area (Å²) >= 11 is 0. The molecule has 0 saturated heterocycles. The molecule has 1 N–H and O–H groups in total. The normalized spacial score (nSPS) is 12.7. The van der Waals surface area contributed by atoms with Crippen LogP contribution in [0, 0.1) is 12.7 Å². The maximum Gasteiger partial charge on any atom is 0.134 e. The fraction of sp³-hybridized carbons (Fsp3) is 0.222. The Morgan fingerprint density at radius 2 is 1.86 bits per heavy atom. The van der Waals surface area contributed by atoms with Crippen LogP contribution >= 0.6 is 0 Å². The van der Waals surface area contributed by atoms with E-state index in [0.29, 0.717) is 0 Å². The summed E-state index contributed by atoms with van der Waals surface area (Å²) in [5.74, 6) is 0.591. The predicted octanol–water partition coefficient (Wildman–Crippen LogP) is 4.38. The Labute approximate surface area is 123 Å². The third kappa shape index (κ3) is 2.98. The average Bonchev–Trinajstić information content (AvgIpc) is 2.89. The van der Waals surface area contributed by atoms with E-state index in [4.69, 9.17) is 4.42 Å². The fourth-order valence-electron chi connectivity index (χ4n) is 2.51. The van der Waals surface area contributed by atoms with Crippen molar-refractivity contribution in [2.24, 2.45) is 0 Å². The Kier molecular flexibility index (Phi) is 3.76. The number of nitrogens with one attached hydrogen (secondary N) is 1. The van der Waals surface area contributed by atoms with Gasteiger partial charge in [0, 0.05) is 5.39 Å². The molecule has 2 nitrogen and oxygen atoms in total. The largest absolute Gasteiger partial charge is 0.459 e. The molecule has 3 rings (SSSR count). The number of hydrogen-bond donors (Lipinski definition) is 1. The molecule has 21 heavy (non-hydrogen) atoms. The van der Waals surface area contributed by atoms with Crippen molar-refractivity contribution in [1.82, 2.24) is 5.32 Å². The molecule has 3 heteroatoms. The number of rotatable bonds is 4. The van der Waals surface area contributed by atoms with Crippen LogP contribution in [-0.2, 0) is 6.42 Å². The topological polar surface area (TPSA) is 25.2 Å². The Hall–Kier alpha value is -2.13. The zero-order valence-electron chi connectivity index (χ0n) is 12.2. The minimum absolute atomic E-state index is 0.0724. The van der Waals surface area contributed by atoms with Gasteiger partial charge in [0.2, 0.25) is 0 Å². The molecule has 0 saturated carbocycles. The van der Waals surface area contributed by atoms with E-state index < -0.39 is 0 Å². The number of halogens is 1. The molecule has 1 atom stereocenters. The average molecular weight is 283 g/mol. The van der Waals surface area contributed by atoms with Gasteiger partial charge in [-0.1, -0.05) is 29.8 Å². The molecule has 0 radical (unpaired) electrons. The van der Waals surface area contributed by atoms with Crippen LogP contribution < -0.4 is 5.32 Å². The highest BCUT2D eigenvalue weighted by Gasteiger charge is 2.15. The molecule has 0 bridgehead atoms.